The summed E-state index contributed by atoms with van der Waals surface area (Å²) in [7, 11) is 1.79. The Hall–Kier alpha value is -0.910. The molecule has 0 aliphatic heterocycles. The Morgan fingerprint density at radius 2 is 2.38 bits per heavy atom. The molecule has 0 bridgehead atoms. The van der Waals surface area contributed by atoms with Crippen molar-refractivity contribution in [3.8, 4) is 0 Å². The topological polar surface area (TPSA) is 68.0 Å². The summed E-state index contributed by atoms with van der Waals surface area (Å²) in [6.45, 7) is 0. The smallest absolute Gasteiger partial charge is 0.303 e. The highest BCUT2D eigenvalue weighted by atomic mass is 79.9. The molecule has 0 radical (unpaired) electrons. The van der Waals surface area contributed by atoms with E-state index in [9.17, 15) is 4.79 Å². The van der Waals surface area contributed by atoms with E-state index >= 15 is 0 Å². The van der Waals surface area contributed by atoms with Crippen LogP contribution in [0.1, 0.15) is 18.7 Å². The van der Waals surface area contributed by atoms with E-state index < -0.39 is 5.97 Å². The van der Waals surface area contributed by atoms with Crippen LogP contribution >= 0.6 is 15.9 Å². The molecule has 5 nitrogen and oxygen atoms in total. The van der Waals surface area contributed by atoms with E-state index in [0.717, 1.165) is 5.82 Å². The molecule has 1 aromatic heterocycles. The fourth-order valence-electron chi connectivity index (χ4n) is 0.998. The number of aromatic nitrogens is 3. The number of hydrogen-bond acceptors (Lipinski definition) is 3. The summed E-state index contributed by atoms with van der Waals surface area (Å²) in [5.41, 5.74) is 0. The van der Waals surface area contributed by atoms with Crippen molar-refractivity contribution in [1.29, 1.82) is 0 Å². The van der Waals surface area contributed by atoms with Gasteiger partial charge in [0, 0.05) is 19.9 Å². The Balaban J connectivity index is 2.45. The maximum absolute atomic E-state index is 10.2. The molecule has 1 rings (SSSR count). The number of carbonyl (C=O) groups is 1. The zero-order valence-electron chi connectivity index (χ0n) is 7.20. The quantitative estimate of drug-likeness (QED) is 0.862. The van der Waals surface area contributed by atoms with Gasteiger partial charge in [-0.1, -0.05) is 0 Å². The molecule has 0 amide bonds. The van der Waals surface area contributed by atoms with Gasteiger partial charge in [-0.3, -0.25) is 9.48 Å². The van der Waals surface area contributed by atoms with Crippen molar-refractivity contribution >= 4 is 21.9 Å². The van der Waals surface area contributed by atoms with Crippen LogP contribution in [0.5, 0.6) is 0 Å². The SMILES string of the molecule is Cn1nc(Br)nc1CCCC(=O)O. The van der Waals surface area contributed by atoms with Gasteiger partial charge in [0.15, 0.2) is 0 Å². The van der Waals surface area contributed by atoms with Gasteiger partial charge < -0.3 is 5.11 Å². The largest absolute Gasteiger partial charge is 0.481 e. The zero-order chi connectivity index (χ0) is 9.84. The minimum absolute atomic E-state index is 0.171. The summed E-state index contributed by atoms with van der Waals surface area (Å²) in [4.78, 5) is 14.3. The molecular weight excluding hydrogens is 238 g/mol. The maximum atomic E-state index is 10.2. The van der Waals surface area contributed by atoms with Gasteiger partial charge in [0.2, 0.25) is 4.73 Å². The third kappa shape index (κ3) is 3.14. The van der Waals surface area contributed by atoms with Crippen molar-refractivity contribution in [1.82, 2.24) is 14.8 Å². The van der Waals surface area contributed by atoms with Crippen molar-refractivity contribution in [2.45, 2.75) is 19.3 Å². The second-order valence-corrected chi connectivity index (χ2v) is 3.38. The number of aryl methyl sites for hydroxylation is 2. The van der Waals surface area contributed by atoms with E-state index in [0.29, 0.717) is 17.6 Å². The van der Waals surface area contributed by atoms with E-state index in [1.54, 1.807) is 11.7 Å². The Morgan fingerprint density at radius 1 is 1.69 bits per heavy atom. The summed E-state index contributed by atoms with van der Waals surface area (Å²) in [5.74, 6) is 0.0226. The number of carboxylic acid groups (broad SMARTS) is 1. The van der Waals surface area contributed by atoms with Gasteiger partial charge in [0.25, 0.3) is 0 Å². The number of carboxylic acids is 1. The summed E-state index contributed by atoms with van der Waals surface area (Å²) in [5, 5.41) is 12.4. The van der Waals surface area contributed by atoms with E-state index in [1.165, 1.54) is 0 Å². The first kappa shape index (κ1) is 10.2. The van der Waals surface area contributed by atoms with E-state index in [4.69, 9.17) is 5.11 Å². The van der Waals surface area contributed by atoms with Crippen LogP contribution in [0, 0.1) is 0 Å². The molecule has 0 fully saturated rings. The highest BCUT2D eigenvalue weighted by Crippen LogP contribution is 2.06. The third-order valence-electron chi connectivity index (χ3n) is 1.62. The van der Waals surface area contributed by atoms with Crippen LogP contribution in [0.25, 0.3) is 0 Å². The second kappa shape index (κ2) is 4.36. The predicted octanol–water partition coefficient (Wildman–Crippen LogP) is 0.985. The lowest BCUT2D eigenvalue weighted by Gasteiger charge is -1.96. The number of halogens is 1. The lowest BCUT2D eigenvalue weighted by Crippen LogP contribution is -2.02. The van der Waals surface area contributed by atoms with Crippen LogP contribution in [0.2, 0.25) is 0 Å². The van der Waals surface area contributed by atoms with Crippen LogP contribution in [0.4, 0.5) is 0 Å². The van der Waals surface area contributed by atoms with Crippen LogP contribution in [-0.4, -0.2) is 25.8 Å². The minimum atomic E-state index is -0.777. The fraction of sp³-hybridized carbons (Fsp3) is 0.571. The molecule has 0 atom stereocenters. The number of nitrogens with zero attached hydrogens (tertiary/aromatic N) is 3. The van der Waals surface area contributed by atoms with E-state index in [2.05, 4.69) is 26.0 Å². The first-order valence-corrected chi connectivity index (χ1v) is 4.66. The molecule has 0 spiro atoms. The fourth-order valence-corrected chi connectivity index (χ4v) is 1.44. The third-order valence-corrected chi connectivity index (χ3v) is 1.95. The first-order chi connectivity index (χ1) is 6.09. The molecule has 0 aliphatic rings. The van der Waals surface area contributed by atoms with Gasteiger partial charge in [0.1, 0.15) is 5.82 Å². The Labute approximate surface area is 83.9 Å². The lowest BCUT2D eigenvalue weighted by molar-refractivity contribution is -0.137. The molecule has 0 aromatic carbocycles. The van der Waals surface area contributed by atoms with Crippen LogP contribution in [0.15, 0.2) is 4.73 Å². The first-order valence-electron chi connectivity index (χ1n) is 3.87. The van der Waals surface area contributed by atoms with Crippen molar-refractivity contribution < 1.29 is 9.90 Å². The molecule has 0 aliphatic carbocycles. The molecule has 0 saturated carbocycles. The second-order valence-electron chi connectivity index (χ2n) is 2.67. The molecule has 1 aromatic rings. The van der Waals surface area contributed by atoms with Gasteiger partial charge in [-0.25, -0.2) is 4.98 Å². The van der Waals surface area contributed by atoms with E-state index in [1.807, 2.05) is 0 Å². The van der Waals surface area contributed by atoms with Gasteiger partial charge >= 0.3 is 5.97 Å². The molecule has 72 valence electrons. The Kier molecular flexibility index (Phi) is 3.41. The number of hydrogen-bond donors (Lipinski definition) is 1. The zero-order valence-corrected chi connectivity index (χ0v) is 8.78. The number of rotatable bonds is 4. The highest BCUT2D eigenvalue weighted by molar-refractivity contribution is 9.10. The van der Waals surface area contributed by atoms with Crippen molar-refractivity contribution in [2.75, 3.05) is 0 Å². The maximum Gasteiger partial charge on any atom is 0.303 e. The average Bonchev–Trinajstić information content (AvgIpc) is 2.29. The van der Waals surface area contributed by atoms with Gasteiger partial charge in [-0.05, 0) is 22.4 Å². The summed E-state index contributed by atoms with van der Waals surface area (Å²) >= 11 is 3.14. The minimum Gasteiger partial charge on any atom is -0.481 e. The molecule has 0 saturated heterocycles. The van der Waals surface area contributed by atoms with E-state index in [-0.39, 0.29) is 6.42 Å². The molecule has 1 N–H and O–H groups in total. The monoisotopic (exact) mass is 247 g/mol. The predicted molar refractivity (Wildman–Crippen MR) is 49.3 cm³/mol. The lowest BCUT2D eigenvalue weighted by atomic mass is 10.2. The summed E-state index contributed by atoms with van der Waals surface area (Å²) < 4.78 is 2.19. The standard InChI is InChI=1S/C7H10BrN3O2/c1-11-5(9-7(8)10-11)3-2-4-6(12)13/h2-4H2,1H3,(H,12,13). The average molecular weight is 248 g/mol. The highest BCUT2D eigenvalue weighted by Gasteiger charge is 2.05. The molecule has 0 unspecified atom stereocenters. The molecule has 13 heavy (non-hydrogen) atoms. The van der Waals surface area contributed by atoms with Gasteiger partial charge in [0.05, 0.1) is 0 Å². The van der Waals surface area contributed by atoms with Crippen molar-refractivity contribution in [3.63, 3.8) is 0 Å². The Morgan fingerprint density at radius 3 is 2.85 bits per heavy atom. The van der Waals surface area contributed by atoms with Gasteiger partial charge in [-0.15, -0.1) is 5.10 Å². The van der Waals surface area contributed by atoms with Crippen LogP contribution < -0.4 is 0 Å². The van der Waals surface area contributed by atoms with Crippen LogP contribution in [-0.2, 0) is 18.3 Å². The van der Waals surface area contributed by atoms with Crippen LogP contribution in [0.3, 0.4) is 0 Å². The van der Waals surface area contributed by atoms with Gasteiger partial charge in [-0.2, -0.15) is 0 Å². The normalized spacial score (nSPS) is 10.3. The summed E-state index contributed by atoms with van der Waals surface area (Å²) in [6, 6.07) is 0. The molecule has 6 heteroatoms. The molecule has 1 heterocycles. The number of aliphatic carboxylic acids is 1. The summed E-state index contributed by atoms with van der Waals surface area (Å²) in [6.07, 6.45) is 1.40. The van der Waals surface area contributed by atoms with Crippen molar-refractivity contribution in [2.24, 2.45) is 7.05 Å². The Bertz CT molecular complexity index is 311. The van der Waals surface area contributed by atoms with Crippen molar-refractivity contribution in [3.05, 3.63) is 10.6 Å². The molecular formula is C7H10BrN3O2.